The van der Waals surface area contributed by atoms with Gasteiger partial charge in [-0.1, -0.05) is 0 Å². The fourth-order valence-corrected chi connectivity index (χ4v) is 2.54. The van der Waals surface area contributed by atoms with E-state index in [4.69, 9.17) is 5.73 Å². The van der Waals surface area contributed by atoms with Crippen molar-refractivity contribution in [3.8, 4) is 0 Å². The highest BCUT2D eigenvalue weighted by Crippen LogP contribution is 2.34. The molecule has 2 aliphatic rings. The summed E-state index contributed by atoms with van der Waals surface area (Å²) in [5.41, 5.74) is 9.03. The van der Waals surface area contributed by atoms with Gasteiger partial charge in [0, 0.05) is 24.5 Å². The quantitative estimate of drug-likeness (QED) is 0.761. The van der Waals surface area contributed by atoms with Gasteiger partial charge in [-0.25, -0.2) is 0 Å². The van der Waals surface area contributed by atoms with E-state index in [1.54, 1.807) is 0 Å². The van der Waals surface area contributed by atoms with Crippen LogP contribution in [0.25, 0.3) is 0 Å². The molecule has 2 aliphatic carbocycles. The van der Waals surface area contributed by atoms with Crippen LogP contribution in [-0.2, 0) is 13.0 Å². The van der Waals surface area contributed by atoms with Crippen LogP contribution in [0.5, 0.6) is 0 Å². The van der Waals surface area contributed by atoms with Gasteiger partial charge in [0.25, 0.3) is 0 Å². The van der Waals surface area contributed by atoms with E-state index < -0.39 is 0 Å². The van der Waals surface area contributed by atoms with E-state index in [-0.39, 0.29) is 0 Å². The van der Waals surface area contributed by atoms with Gasteiger partial charge in [-0.15, -0.1) is 0 Å². The van der Waals surface area contributed by atoms with Gasteiger partial charge >= 0.3 is 0 Å². The number of hydrogen-bond acceptors (Lipinski definition) is 1. The van der Waals surface area contributed by atoms with Crippen molar-refractivity contribution in [1.82, 2.24) is 4.57 Å². The lowest BCUT2D eigenvalue weighted by Crippen LogP contribution is -2.18. The van der Waals surface area contributed by atoms with Crippen molar-refractivity contribution in [2.24, 2.45) is 11.7 Å². The molecule has 76 valence electrons. The lowest BCUT2D eigenvalue weighted by Gasteiger charge is -2.20. The summed E-state index contributed by atoms with van der Waals surface area (Å²) in [6.07, 6.45) is 8.78. The van der Waals surface area contributed by atoms with Crippen molar-refractivity contribution in [2.75, 3.05) is 0 Å². The first-order valence-corrected chi connectivity index (χ1v) is 5.78. The van der Waals surface area contributed by atoms with E-state index in [0.717, 1.165) is 5.92 Å². The summed E-state index contributed by atoms with van der Waals surface area (Å²) in [7, 11) is 0. The molecule has 1 atom stereocenters. The molecule has 0 bridgehead atoms. The molecule has 1 aromatic rings. The van der Waals surface area contributed by atoms with Gasteiger partial charge in [-0.05, 0) is 49.7 Å². The van der Waals surface area contributed by atoms with Crippen LogP contribution < -0.4 is 5.73 Å². The van der Waals surface area contributed by atoms with Crippen LogP contribution in [0.3, 0.4) is 0 Å². The second-order valence-corrected chi connectivity index (χ2v) is 4.81. The topological polar surface area (TPSA) is 30.9 Å². The van der Waals surface area contributed by atoms with E-state index in [1.807, 2.05) is 0 Å². The Bertz CT molecular complexity index is 336. The first-order valence-electron chi connectivity index (χ1n) is 5.78. The molecular weight excluding hydrogens is 172 g/mol. The molecule has 3 rings (SSSR count). The molecule has 1 fully saturated rings. The molecular formula is C12H18N2. The Hall–Kier alpha value is -0.760. The van der Waals surface area contributed by atoms with Crippen LogP contribution in [0.15, 0.2) is 12.3 Å². The molecule has 14 heavy (non-hydrogen) atoms. The monoisotopic (exact) mass is 190 g/mol. The van der Waals surface area contributed by atoms with Gasteiger partial charge in [-0.3, -0.25) is 0 Å². The zero-order chi connectivity index (χ0) is 9.54. The molecule has 0 amide bonds. The molecule has 1 aromatic heterocycles. The van der Waals surface area contributed by atoms with Gasteiger partial charge in [0.1, 0.15) is 0 Å². The Labute approximate surface area is 85.1 Å². The second-order valence-electron chi connectivity index (χ2n) is 4.81. The van der Waals surface area contributed by atoms with E-state index in [0.29, 0.717) is 6.04 Å². The third-order valence-corrected chi connectivity index (χ3v) is 3.59. The maximum atomic E-state index is 6.09. The average molecular weight is 190 g/mol. The first kappa shape index (κ1) is 8.54. The smallest absolute Gasteiger partial charge is 0.0312 e. The minimum Gasteiger partial charge on any atom is -0.351 e. The predicted octanol–water partition coefficient (Wildman–Crippen LogP) is 2.23. The van der Waals surface area contributed by atoms with Gasteiger partial charge < -0.3 is 10.3 Å². The summed E-state index contributed by atoms with van der Waals surface area (Å²) < 4.78 is 2.45. The zero-order valence-corrected chi connectivity index (χ0v) is 8.58. The summed E-state index contributed by atoms with van der Waals surface area (Å²) in [5.74, 6) is 0.963. The van der Waals surface area contributed by atoms with Crippen LogP contribution in [0.1, 0.15) is 43.0 Å². The Morgan fingerprint density at radius 2 is 2.21 bits per heavy atom. The lowest BCUT2D eigenvalue weighted by atomic mass is 9.94. The number of rotatable bonds is 2. The standard InChI is InChI=1S/C12H18N2/c13-11-2-1-3-12-10(11)6-7-14(12)8-9-4-5-9/h6-7,9,11H,1-5,8,13H2. The van der Waals surface area contributed by atoms with Gasteiger partial charge in [0.05, 0.1) is 0 Å². The van der Waals surface area contributed by atoms with Crippen molar-refractivity contribution in [3.63, 3.8) is 0 Å². The van der Waals surface area contributed by atoms with E-state index in [2.05, 4.69) is 16.8 Å². The molecule has 1 unspecified atom stereocenters. The minimum atomic E-state index is 0.305. The molecule has 2 N–H and O–H groups in total. The van der Waals surface area contributed by atoms with Crippen LogP contribution >= 0.6 is 0 Å². The van der Waals surface area contributed by atoms with Crippen molar-refractivity contribution in [2.45, 2.75) is 44.7 Å². The maximum Gasteiger partial charge on any atom is 0.0312 e. The summed E-state index contributed by atoms with van der Waals surface area (Å²) in [6, 6.07) is 2.54. The largest absolute Gasteiger partial charge is 0.351 e. The fraction of sp³-hybridized carbons (Fsp3) is 0.667. The Morgan fingerprint density at radius 1 is 1.36 bits per heavy atom. The number of nitrogens with two attached hydrogens (primary N) is 1. The summed E-state index contributed by atoms with van der Waals surface area (Å²) >= 11 is 0. The molecule has 0 spiro atoms. The summed E-state index contributed by atoms with van der Waals surface area (Å²) in [6.45, 7) is 1.24. The molecule has 2 nitrogen and oxygen atoms in total. The van der Waals surface area contributed by atoms with Crippen LogP contribution in [-0.4, -0.2) is 4.57 Å². The zero-order valence-electron chi connectivity index (χ0n) is 8.58. The van der Waals surface area contributed by atoms with E-state index in [9.17, 15) is 0 Å². The average Bonchev–Trinajstić information content (AvgIpc) is 2.88. The lowest BCUT2D eigenvalue weighted by molar-refractivity contribution is 0.526. The number of hydrogen-bond donors (Lipinski definition) is 1. The highest BCUT2D eigenvalue weighted by Gasteiger charge is 2.25. The minimum absolute atomic E-state index is 0.305. The SMILES string of the molecule is NC1CCCc2c1ccn2CC1CC1. The van der Waals surface area contributed by atoms with Gasteiger partial charge in [0.15, 0.2) is 0 Å². The van der Waals surface area contributed by atoms with Crippen LogP contribution in [0.2, 0.25) is 0 Å². The number of nitrogens with zero attached hydrogens (tertiary/aromatic N) is 1. The summed E-state index contributed by atoms with van der Waals surface area (Å²) in [5, 5.41) is 0. The molecule has 1 saturated carbocycles. The highest BCUT2D eigenvalue weighted by molar-refractivity contribution is 5.28. The maximum absolute atomic E-state index is 6.09. The molecule has 1 heterocycles. The van der Waals surface area contributed by atoms with Crippen molar-refractivity contribution >= 4 is 0 Å². The normalized spacial score (nSPS) is 26.2. The second kappa shape index (κ2) is 3.13. The third-order valence-electron chi connectivity index (χ3n) is 3.59. The summed E-state index contributed by atoms with van der Waals surface area (Å²) in [4.78, 5) is 0. The Morgan fingerprint density at radius 3 is 3.00 bits per heavy atom. The molecule has 0 radical (unpaired) electrons. The first-order chi connectivity index (χ1) is 6.84. The van der Waals surface area contributed by atoms with Crippen LogP contribution in [0.4, 0.5) is 0 Å². The number of fused-ring (bicyclic) bond motifs is 1. The van der Waals surface area contributed by atoms with Crippen molar-refractivity contribution < 1.29 is 0 Å². The van der Waals surface area contributed by atoms with Crippen molar-refractivity contribution in [1.29, 1.82) is 0 Å². The predicted molar refractivity (Wildman–Crippen MR) is 57.0 cm³/mol. The van der Waals surface area contributed by atoms with Crippen LogP contribution in [0, 0.1) is 5.92 Å². The molecule has 0 aliphatic heterocycles. The Kier molecular flexibility index (Phi) is 1.91. The van der Waals surface area contributed by atoms with E-state index >= 15 is 0 Å². The van der Waals surface area contributed by atoms with Gasteiger partial charge in [0.2, 0.25) is 0 Å². The van der Waals surface area contributed by atoms with Gasteiger partial charge in [-0.2, -0.15) is 0 Å². The molecule has 2 heteroatoms. The van der Waals surface area contributed by atoms with E-state index in [1.165, 1.54) is 49.9 Å². The number of aromatic nitrogens is 1. The fourth-order valence-electron chi connectivity index (χ4n) is 2.54. The third kappa shape index (κ3) is 1.38. The highest BCUT2D eigenvalue weighted by atomic mass is 15.0. The Balaban J connectivity index is 1.89. The molecule has 0 saturated heterocycles. The van der Waals surface area contributed by atoms with Crippen molar-refractivity contribution in [3.05, 3.63) is 23.5 Å². The molecule has 0 aromatic carbocycles.